The number of nitrogens with two attached hydrogens (primary N) is 1. The van der Waals surface area contributed by atoms with E-state index >= 15 is 0 Å². The Hall–Kier alpha value is -0.0800. The third-order valence-electron chi connectivity index (χ3n) is 2.37. The molecule has 2 heteroatoms. The van der Waals surface area contributed by atoms with Crippen molar-refractivity contribution in [1.82, 2.24) is 5.01 Å². The summed E-state index contributed by atoms with van der Waals surface area (Å²) in [4.78, 5) is 0. The van der Waals surface area contributed by atoms with Gasteiger partial charge in [-0.1, -0.05) is 13.8 Å². The van der Waals surface area contributed by atoms with Crippen LogP contribution in [-0.2, 0) is 0 Å². The summed E-state index contributed by atoms with van der Waals surface area (Å²) in [6.07, 6.45) is 1.26. The summed E-state index contributed by atoms with van der Waals surface area (Å²) >= 11 is 0. The van der Waals surface area contributed by atoms with Crippen LogP contribution in [0.5, 0.6) is 0 Å². The maximum atomic E-state index is 5.62. The summed E-state index contributed by atoms with van der Waals surface area (Å²) in [5.41, 5.74) is 0. The van der Waals surface area contributed by atoms with E-state index in [2.05, 4.69) is 13.8 Å². The highest BCUT2D eigenvalue weighted by Gasteiger charge is 2.19. The Morgan fingerprint density at radius 2 is 2.00 bits per heavy atom. The van der Waals surface area contributed by atoms with Crippen molar-refractivity contribution in [1.29, 1.82) is 0 Å². The summed E-state index contributed by atoms with van der Waals surface area (Å²) < 4.78 is 0. The highest BCUT2D eigenvalue weighted by molar-refractivity contribution is 4.71. The van der Waals surface area contributed by atoms with Crippen molar-refractivity contribution in [3.8, 4) is 0 Å². The number of hydrazine groups is 1. The predicted molar refractivity (Wildman–Crippen MR) is 38.7 cm³/mol. The lowest BCUT2D eigenvalue weighted by Gasteiger charge is -2.31. The van der Waals surface area contributed by atoms with E-state index in [0.29, 0.717) is 0 Å². The molecule has 0 radical (unpaired) electrons. The molecule has 9 heavy (non-hydrogen) atoms. The average Bonchev–Trinajstić information content (AvgIpc) is 1.80. The molecule has 1 heterocycles. The van der Waals surface area contributed by atoms with Crippen molar-refractivity contribution in [3.63, 3.8) is 0 Å². The van der Waals surface area contributed by atoms with E-state index in [-0.39, 0.29) is 0 Å². The minimum absolute atomic E-state index is 0.781. The van der Waals surface area contributed by atoms with Gasteiger partial charge in [-0.3, -0.25) is 5.84 Å². The van der Waals surface area contributed by atoms with Gasteiger partial charge in [-0.2, -0.15) is 0 Å². The van der Waals surface area contributed by atoms with Crippen molar-refractivity contribution in [2.24, 2.45) is 17.7 Å². The Morgan fingerprint density at radius 3 is 2.44 bits per heavy atom. The van der Waals surface area contributed by atoms with Gasteiger partial charge in [0.2, 0.25) is 0 Å². The van der Waals surface area contributed by atoms with Crippen LogP contribution in [-0.4, -0.2) is 18.1 Å². The summed E-state index contributed by atoms with van der Waals surface area (Å²) in [7, 11) is 0. The topological polar surface area (TPSA) is 29.3 Å². The van der Waals surface area contributed by atoms with Gasteiger partial charge in [0.05, 0.1) is 0 Å². The predicted octanol–water partition coefficient (Wildman–Crippen LogP) is 0.838. The van der Waals surface area contributed by atoms with Crippen molar-refractivity contribution < 1.29 is 0 Å². The number of hydrogen-bond acceptors (Lipinski definition) is 2. The molecule has 0 aliphatic carbocycles. The fourth-order valence-electron chi connectivity index (χ4n) is 1.30. The molecule has 0 spiro atoms. The SMILES string of the molecule is CC1CCN(N)CC1C. The minimum Gasteiger partial charge on any atom is -0.269 e. The molecular weight excluding hydrogens is 112 g/mol. The van der Waals surface area contributed by atoms with E-state index < -0.39 is 0 Å². The first-order valence-electron chi connectivity index (χ1n) is 3.70. The molecule has 1 rings (SSSR count). The van der Waals surface area contributed by atoms with Crippen molar-refractivity contribution in [2.45, 2.75) is 20.3 Å². The van der Waals surface area contributed by atoms with Gasteiger partial charge in [-0.05, 0) is 18.3 Å². The Kier molecular flexibility index (Phi) is 2.09. The standard InChI is InChI=1S/C7H16N2/c1-6-3-4-9(8)5-7(6)2/h6-7H,3-5,8H2,1-2H3. The van der Waals surface area contributed by atoms with Crippen LogP contribution in [0, 0.1) is 11.8 Å². The maximum Gasteiger partial charge on any atom is 0.0156 e. The van der Waals surface area contributed by atoms with Gasteiger partial charge >= 0.3 is 0 Å². The van der Waals surface area contributed by atoms with E-state index in [0.717, 1.165) is 24.9 Å². The van der Waals surface area contributed by atoms with Crippen molar-refractivity contribution in [3.05, 3.63) is 0 Å². The number of piperidine rings is 1. The molecule has 0 bridgehead atoms. The van der Waals surface area contributed by atoms with Crippen LogP contribution in [0.4, 0.5) is 0 Å². The molecule has 0 saturated carbocycles. The molecule has 1 aliphatic heterocycles. The highest BCUT2D eigenvalue weighted by Crippen LogP contribution is 2.19. The maximum absolute atomic E-state index is 5.62. The quantitative estimate of drug-likeness (QED) is 0.490. The zero-order chi connectivity index (χ0) is 6.85. The van der Waals surface area contributed by atoms with Gasteiger partial charge in [0.15, 0.2) is 0 Å². The van der Waals surface area contributed by atoms with Crippen LogP contribution in [0.2, 0.25) is 0 Å². The molecule has 2 nitrogen and oxygen atoms in total. The largest absolute Gasteiger partial charge is 0.269 e. The first-order chi connectivity index (χ1) is 4.20. The molecule has 1 fully saturated rings. The van der Waals surface area contributed by atoms with Crippen LogP contribution >= 0.6 is 0 Å². The Bertz CT molecular complexity index is 92.9. The van der Waals surface area contributed by atoms with E-state index in [1.807, 2.05) is 5.01 Å². The second-order valence-electron chi connectivity index (χ2n) is 3.24. The molecule has 2 unspecified atom stereocenters. The molecule has 2 atom stereocenters. The normalized spacial score (nSPS) is 39.0. The smallest absolute Gasteiger partial charge is 0.0156 e. The van der Waals surface area contributed by atoms with E-state index in [1.54, 1.807) is 0 Å². The molecule has 1 aliphatic rings. The molecule has 0 aromatic heterocycles. The van der Waals surface area contributed by atoms with Gasteiger partial charge in [0, 0.05) is 13.1 Å². The van der Waals surface area contributed by atoms with Gasteiger partial charge < -0.3 is 0 Å². The van der Waals surface area contributed by atoms with Crippen LogP contribution in [0.3, 0.4) is 0 Å². The second kappa shape index (κ2) is 2.67. The van der Waals surface area contributed by atoms with Gasteiger partial charge in [0.25, 0.3) is 0 Å². The summed E-state index contributed by atoms with van der Waals surface area (Å²) in [6.45, 7) is 6.72. The highest BCUT2D eigenvalue weighted by atomic mass is 15.4. The van der Waals surface area contributed by atoms with E-state index in [1.165, 1.54) is 6.42 Å². The van der Waals surface area contributed by atoms with Gasteiger partial charge in [-0.15, -0.1) is 0 Å². The van der Waals surface area contributed by atoms with E-state index in [9.17, 15) is 0 Å². The Morgan fingerprint density at radius 1 is 1.33 bits per heavy atom. The van der Waals surface area contributed by atoms with E-state index in [4.69, 9.17) is 5.84 Å². The molecule has 0 aromatic rings. The zero-order valence-corrected chi connectivity index (χ0v) is 6.30. The van der Waals surface area contributed by atoms with Crippen LogP contribution in [0.15, 0.2) is 0 Å². The van der Waals surface area contributed by atoms with Crippen molar-refractivity contribution in [2.75, 3.05) is 13.1 Å². The van der Waals surface area contributed by atoms with Gasteiger partial charge in [-0.25, -0.2) is 5.01 Å². The first-order valence-corrected chi connectivity index (χ1v) is 3.70. The lowest BCUT2D eigenvalue weighted by atomic mass is 9.90. The van der Waals surface area contributed by atoms with Crippen molar-refractivity contribution >= 4 is 0 Å². The van der Waals surface area contributed by atoms with Crippen LogP contribution in [0.1, 0.15) is 20.3 Å². The number of nitrogens with zero attached hydrogens (tertiary/aromatic N) is 1. The average molecular weight is 128 g/mol. The summed E-state index contributed by atoms with van der Waals surface area (Å²) in [5.74, 6) is 7.27. The number of hydrogen-bond donors (Lipinski definition) is 1. The first kappa shape index (κ1) is 7.03. The third-order valence-corrected chi connectivity index (χ3v) is 2.37. The third kappa shape index (κ3) is 1.66. The lowest BCUT2D eigenvalue weighted by molar-refractivity contribution is 0.140. The zero-order valence-electron chi connectivity index (χ0n) is 6.30. The summed E-state index contributed by atoms with van der Waals surface area (Å²) in [6, 6.07) is 0. The summed E-state index contributed by atoms with van der Waals surface area (Å²) in [5, 5.41) is 1.92. The number of rotatable bonds is 0. The van der Waals surface area contributed by atoms with Crippen LogP contribution in [0.25, 0.3) is 0 Å². The second-order valence-corrected chi connectivity index (χ2v) is 3.24. The fraction of sp³-hybridized carbons (Fsp3) is 1.00. The molecule has 0 aromatic carbocycles. The molecular formula is C7H16N2. The molecule has 1 saturated heterocycles. The molecule has 0 amide bonds. The van der Waals surface area contributed by atoms with Crippen LogP contribution < -0.4 is 5.84 Å². The monoisotopic (exact) mass is 128 g/mol. The minimum atomic E-state index is 0.781. The molecule has 2 N–H and O–H groups in total. The molecule has 54 valence electrons. The Balaban J connectivity index is 2.35. The Labute approximate surface area is 57.0 Å². The fourth-order valence-corrected chi connectivity index (χ4v) is 1.30. The van der Waals surface area contributed by atoms with Gasteiger partial charge in [0.1, 0.15) is 0 Å². The lowest BCUT2D eigenvalue weighted by Crippen LogP contribution is -2.42.